The van der Waals surface area contributed by atoms with Gasteiger partial charge in [-0.15, -0.1) is 0 Å². The van der Waals surface area contributed by atoms with E-state index in [1.165, 1.54) is 0 Å². The van der Waals surface area contributed by atoms with Gasteiger partial charge in [-0.2, -0.15) is 21.6 Å². The summed E-state index contributed by atoms with van der Waals surface area (Å²) in [4.78, 5) is 0. The molecule has 3 nitrogen and oxygen atoms in total. The molecule has 0 unspecified atom stereocenters. The van der Waals surface area contributed by atoms with E-state index < -0.39 is 15.6 Å². The van der Waals surface area contributed by atoms with Gasteiger partial charge >= 0.3 is 40.1 Å². The molecule has 0 bridgehead atoms. The van der Waals surface area contributed by atoms with Crippen molar-refractivity contribution >= 4 is 34.5 Å². The number of hydrogen-bond donors (Lipinski definition) is 1. The van der Waals surface area contributed by atoms with E-state index in [2.05, 4.69) is 0 Å². The van der Waals surface area contributed by atoms with E-state index in [9.17, 15) is 13.2 Å². The maximum absolute atomic E-state index is 10.7. The van der Waals surface area contributed by atoms with E-state index in [1.54, 1.807) is 0 Å². The largest absolute Gasteiger partial charge is 5.00 e. The summed E-state index contributed by atoms with van der Waals surface area (Å²) in [6.45, 7) is 0. The average Bonchev–Trinajstić information content (AvgIpc) is 1.25. The van der Waals surface area contributed by atoms with Crippen LogP contribution in [0.5, 0.6) is 0 Å². The Bertz CT molecular complexity index is 174. The zero-order valence-electron chi connectivity index (χ0n) is 5.64. The molecule has 13 heteroatoms. The number of rotatable bonds is 0. The molecule has 0 spiro atoms. The molecule has 0 atom stereocenters. The fourth-order valence-corrected chi connectivity index (χ4v) is 0. The smallest absolute Gasteiger partial charge is 1.00 e. The Hall–Kier alpha value is 0.168. The van der Waals surface area contributed by atoms with E-state index in [-0.39, 0.29) is 47.9 Å². The Labute approximate surface area is 90.1 Å². The molecule has 0 saturated heterocycles. The summed E-state index contributed by atoms with van der Waals surface area (Å²) in [5.74, 6) is 0. The van der Waals surface area contributed by atoms with Crippen LogP contribution in [0.3, 0.4) is 0 Å². The minimum Gasteiger partial charge on any atom is -1.00 e. The fraction of sp³-hybridized carbons (Fsp3) is 1.00. The van der Waals surface area contributed by atoms with Gasteiger partial charge in [-0.3, -0.25) is 4.55 Å². The third-order valence-corrected chi connectivity index (χ3v) is 0.877. The third kappa shape index (κ3) is 18.1. The summed E-state index contributed by atoms with van der Waals surface area (Å²) < 4.78 is 57.5. The molecule has 0 saturated carbocycles. The Morgan fingerprint density at radius 3 is 0.929 bits per heavy atom. The molecule has 0 aromatic rings. The van der Waals surface area contributed by atoms with Crippen LogP contribution >= 0.6 is 0 Å². The molecule has 0 radical (unpaired) electrons. The third-order valence-electron chi connectivity index (χ3n) is 0.292. The summed E-state index contributed by atoms with van der Waals surface area (Å²) in [6.07, 6.45) is 0. The minimum absolute atomic E-state index is 0. The molecule has 0 aromatic heterocycles. The Morgan fingerprint density at radius 1 is 0.857 bits per heavy atom. The second-order valence-corrected chi connectivity index (χ2v) is 2.33. The fourth-order valence-electron chi connectivity index (χ4n) is 0. The van der Waals surface area contributed by atoms with Crippen LogP contribution in [-0.4, -0.2) is 42.9 Å². The first-order valence-electron chi connectivity index (χ1n) is 1.29. The molecule has 0 rings (SSSR count). The van der Waals surface area contributed by atoms with Crippen molar-refractivity contribution < 1.29 is 49.7 Å². The predicted molar refractivity (Wildman–Crippen MR) is 23.4 cm³/mol. The molecule has 0 aliphatic rings. The molecule has 90 valence electrons. The first kappa shape index (κ1) is 47.8. The van der Waals surface area contributed by atoms with Crippen LogP contribution < -0.4 is 23.5 Å². The summed E-state index contributed by atoms with van der Waals surface area (Å²) in [7, 11) is -5.84. The van der Waals surface area contributed by atoms with Crippen LogP contribution in [0.1, 0.15) is 0 Å². The van der Waals surface area contributed by atoms with Crippen LogP contribution in [0, 0.1) is 0 Å². The standard InChI is InChI=1S/CHF3O3S.5FH.Sb/c2-1(3,4)8(5,6)7;;;;;;/h(H,5,6,7);5*1H;/q;;;;;;+5/p-5. The van der Waals surface area contributed by atoms with Crippen molar-refractivity contribution in [2.45, 2.75) is 5.51 Å². The van der Waals surface area contributed by atoms with E-state index in [0.717, 1.165) is 0 Å². The Balaban J connectivity index is -0.0000000163. The average molecular weight is 367 g/mol. The molecule has 0 aliphatic heterocycles. The van der Waals surface area contributed by atoms with Gasteiger partial charge in [-0.25, -0.2) is 0 Å². The van der Waals surface area contributed by atoms with Crippen molar-refractivity contribution in [3.63, 3.8) is 0 Å². The summed E-state index contributed by atoms with van der Waals surface area (Å²) in [5, 5.41) is 0. The van der Waals surface area contributed by atoms with Crippen molar-refractivity contribution in [3.8, 4) is 0 Å². The van der Waals surface area contributed by atoms with Gasteiger partial charge in [-0.05, 0) is 0 Å². The summed E-state index contributed by atoms with van der Waals surface area (Å²) in [6, 6.07) is 0. The van der Waals surface area contributed by atoms with E-state index in [0.29, 0.717) is 0 Å². The van der Waals surface area contributed by atoms with E-state index >= 15 is 0 Å². The molecule has 1 N–H and O–H groups in total. The zero-order chi connectivity index (χ0) is 7.00. The van der Waals surface area contributed by atoms with Gasteiger partial charge in [0, 0.05) is 0 Å². The number of alkyl halides is 3. The van der Waals surface area contributed by atoms with Gasteiger partial charge in [0.05, 0.1) is 0 Å². The number of halogens is 8. The van der Waals surface area contributed by atoms with Crippen LogP contribution in [0.25, 0.3) is 0 Å². The Morgan fingerprint density at radius 2 is 0.929 bits per heavy atom. The van der Waals surface area contributed by atoms with Crippen LogP contribution in [0.15, 0.2) is 0 Å². The van der Waals surface area contributed by atoms with E-state index in [4.69, 9.17) is 13.0 Å². The monoisotopic (exact) mass is 366 g/mol. The maximum atomic E-state index is 10.7. The molecular weight excluding hydrogens is 366 g/mol. The number of hydrogen-bond acceptors (Lipinski definition) is 2. The molecule has 0 fully saturated rings. The maximum Gasteiger partial charge on any atom is 5.00 e. The normalized spacial score (nSPS) is 8.00. The van der Waals surface area contributed by atoms with Crippen molar-refractivity contribution in [2.75, 3.05) is 0 Å². The van der Waals surface area contributed by atoms with Crippen molar-refractivity contribution in [3.05, 3.63) is 0 Å². The van der Waals surface area contributed by atoms with Crippen LogP contribution in [0.4, 0.5) is 13.2 Å². The first-order valence-corrected chi connectivity index (χ1v) is 2.73. The van der Waals surface area contributed by atoms with Crippen LogP contribution in [-0.2, 0) is 10.1 Å². The molecular formula is CHF8O3SSb. The van der Waals surface area contributed by atoms with Gasteiger partial charge in [0.2, 0.25) is 0 Å². The van der Waals surface area contributed by atoms with Crippen molar-refractivity contribution in [1.29, 1.82) is 0 Å². The molecule has 0 amide bonds. The minimum atomic E-state index is -5.84. The van der Waals surface area contributed by atoms with Crippen molar-refractivity contribution in [1.82, 2.24) is 0 Å². The summed E-state index contributed by atoms with van der Waals surface area (Å²) >= 11 is 0. The predicted octanol–water partition coefficient (Wildman–Crippen LogP) is -15.0. The molecule has 0 aromatic carbocycles. The molecule has 0 heterocycles. The molecule has 0 aliphatic carbocycles. The van der Waals surface area contributed by atoms with Crippen molar-refractivity contribution in [2.24, 2.45) is 0 Å². The topological polar surface area (TPSA) is 54.4 Å². The quantitative estimate of drug-likeness (QED) is 0.200. The van der Waals surface area contributed by atoms with Gasteiger partial charge in [0.25, 0.3) is 0 Å². The van der Waals surface area contributed by atoms with Gasteiger partial charge in [0.1, 0.15) is 0 Å². The second-order valence-electron chi connectivity index (χ2n) is 0.921. The van der Waals surface area contributed by atoms with Gasteiger partial charge in [0.15, 0.2) is 0 Å². The molecule has 14 heavy (non-hydrogen) atoms. The van der Waals surface area contributed by atoms with E-state index in [1.807, 2.05) is 0 Å². The second kappa shape index (κ2) is 13.2. The Kier molecular flexibility index (Phi) is 45.0. The first-order chi connectivity index (χ1) is 3.25. The van der Waals surface area contributed by atoms with Gasteiger partial charge in [-0.1, -0.05) is 0 Å². The zero-order valence-corrected chi connectivity index (χ0v) is 9.01. The van der Waals surface area contributed by atoms with Gasteiger partial charge < -0.3 is 23.5 Å². The SMILES string of the molecule is O=S(=O)(O)C(F)(F)F.[F-].[F-].[F-].[F-].[F-].[Sb+5]. The van der Waals surface area contributed by atoms with Crippen LogP contribution in [0.2, 0.25) is 0 Å². The summed E-state index contributed by atoms with van der Waals surface area (Å²) in [5.41, 5.74) is -5.53.